The van der Waals surface area contributed by atoms with Gasteiger partial charge in [-0.1, -0.05) is 27.7 Å². The molecule has 0 aliphatic carbocycles. The number of benzene rings is 2. The second-order valence-corrected chi connectivity index (χ2v) is 9.23. The molecule has 0 unspecified atom stereocenters. The molecule has 0 saturated heterocycles. The first-order valence-corrected chi connectivity index (χ1v) is 12.7. The van der Waals surface area contributed by atoms with Crippen LogP contribution in [-0.4, -0.2) is 50.2 Å². The number of hydrazone groups is 1. The van der Waals surface area contributed by atoms with Crippen LogP contribution in [0.5, 0.6) is 11.5 Å². The zero-order chi connectivity index (χ0) is 25.1. The minimum atomic E-state index is -3.83. The van der Waals surface area contributed by atoms with Gasteiger partial charge >= 0.3 is 0 Å². The molecule has 0 atom stereocenters. The lowest BCUT2D eigenvalue weighted by Gasteiger charge is -2.18. The first kappa shape index (κ1) is 27.1. The monoisotopic (exact) mass is 492 g/mol. The smallest absolute Gasteiger partial charge is 0.295 e. The molecule has 0 aliphatic heterocycles. The van der Waals surface area contributed by atoms with Crippen LogP contribution >= 0.6 is 0 Å². The summed E-state index contributed by atoms with van der Waals surface area (Å²) in [5.41, 5.74) is 2.98. The van der Waals surface area contributed by atoms with Crippen LogP contribution in [0.3, 0.4) is 0 Å². The molecule has 0 spiro atoms. The number of nitro groups is 1. The van der Waals surface area contributed by atoms with Crippen molar-refractivity contribution >= 4 is 27.6 Å². The summed E-state index contributed by atoms with van der Waals surface area (Å²) >= 11 is 0. The van der Waals surface area contributed by atoms with E-state index in [0.717, 1.165) is 18.9 Å². The summed E-state index contributed by atoms with van der Waals surface area (Å²) in [6, 6.07) is 9.07. The number of hydrogen-bond acceptors (Lipinski definition) is 8. The number of rotatable bonds is 14. The van der Waals surface area contributed by atoms with Crippen molar-refractivity contribution in [1.29, 1.82) is 0 Å². The number of ether oxygens (including phenoxy) is 2. The predicted molar refractivity (Wildman–Crippen MR) is 132 cm³/mol. The van der Waals surface area contributed by atoms with Gasteiger partial charge in [-0.15, -0.1) is 0 Å². The van der Waals surface area contributed by atoms with E-state index in [0.29, 0.717) is 30.3 Å². The lowest BCUT2D eigenvalue weighted by molar-refractivity contribution is -0.384. The van der Waals surface area contributed by atoms with Gasteiger partial charge in [-0.25, -0.2) is 8.42 Å². The molecule has 34 heavy (non-hydrogen) atoms. The number of anilines is 1. The van der Waals surface area contributed by atoms with E-state index in [2.05, 4.69) is 10.5 Å². The number of sulfonamides is 1. The molecule has 0 heterocycles. The number of nitro benzene ring substituents is 1. The normalized spacial score (nSPS) is 11.7. The van der Waals surface area contributed by atoms with Gasteiger partial charge in [0.1, 0.15) is 17.2 Å². The van der Waals surface area contributed by atoms with E-state index in [1.165, 1.54) is 22.7 Å². The Morgan fingerprint density at radius 3 is 2.32 bits per heavy atom. The molecule has 11 heteroatoms. The molecule has 0 aromatic heterocycles. The summed E-state index contributed by atoms with van der Waals surface area (Å²) in [5.74, 6) is 1.26. The number of nitrogens with zero attached hydrogens (tertiary/aromatic N) is 3. The van der Waals surface area contributed by atoms with Crippen molar-refractivity contribution in [2.75, 3.05) is 31.7 Å². The number of hydrogen-bond donors (Lipinski definition) is 1. The molecular formula is C23H32N4O6S. The fourth-order valence-electron chi connectivity index (χ4n) is 3.07. The highest BCUT2D eigenvalue weighted by Gasteiger charge is 2.25. The van der Waals surface area contributed by atoms with Crippen molar-refractivity contribution in [3.63, 3.8) is 0 Å². The second kappa shape index (κ2) is 12.9. The summed E-state index contributed by atoms with van der Waals surface area (Å²) in [6.45, 7) is 9.07. The van der Waals surface area contributed by atoms with E-state index in [-0.39, 0.29) is 23.7 Å². The van der Waals surface area contributed by atoms with Crippen LogP contribution in [0.25, 0.3) is 0 Å². The van der Waals surface area contributed by atoms with E-state index < -0.39 is 20.6 Å². The second-order valence-electron chi connectivity index (χ2n) is 7.29. The lowest BCUT2D eigenvalue weighted by atomic mass is 10.2. The van der Waals surface area contributed by atoms with Crippen LogP contribution < -0.4 is 14.9 Å². The third-order valence-corrected chi connectivity index (χ3v) is 6.86. The molecule has 2 aromatic rings. The average Bonchev–Trinajstić information content (AvgIpc) is 2.82. The Bertz CT molecular complexity index is 1100. The first-order chi connectivity index (χ1) is 16.3. The summed E-state index contributed by atoms with van der Waals surface area (Å²) < 4.78 is 38.1. The molecule has 0 saturated carbocycles. The van der Waals surface area contributed by atoms with Crippen molar-refractivity contribution in [1.82, 2.24) is 4.31 Å². The summed E-state index contributed by atoms with van der Waals surface area (Å²) in [5, 5.41) is 15.7. The van der Waals surface area contributed by atoms with Crippen molar-refractivity contribution in [3.05, 3.63) is 52.1 Å². The standard InChI is InChI=1S/C23H32N4O6S/c1-5-13-32-19-10-9-18(23(15-19)33-14-6-2)17-24-25-21-12-11-20(16-22(21)27(28)29)34(30,31)26(7-3)8-4/h9-12,15-17,25H,5-8,13-14H2,1-4H3/b24-17+. The minimum Gasteiger partial charge on any atom is -0.493 e. The Labute approximate surface area is 200 Å². The first-order valence-electron chi connectivity index (χ1n) is 11.3. The SMILES string of the molecule is CCCOc1ccc(/C=N/Nc2ccc(S(=O)(=O)N(CC)CC)cc2[N+](=O)[O-])c(OCCC)c1. The van der Waals surface area contributed by atoms with Crippen molar-refractivity contribution < 1.29 is 22.8 Å². The number of nitrogens with one attached hydrogen (secondary N) is 1. The lowest BCUT2D eigenvalue weighted by Crippen LogP contribution is -2.30. The predicted octanol–water partition coefficient (Wildman–Crippen LogP) is 4.65. The summed E-state index contributed by atoms with van der Waals surface area (Å²) in [7, 11) is -3.83. The quantitative estimate of drug-likeness (QED) is 0.231. The van der Waals surface area contributed by atoms with Crippen LogP contribution in [0.1, 0.15) is 46.1 Å². The zero-order valence-electron chi connectivity index (χ0n) is 20.0. The van der Waals surface area contributed by atoms with Gasteiger partial charge in [0.25, 0.3) is 5.69 Å². The Hall–Kier alpha value is -3.18. The van der Waals surface area contributed by atoms with Crippen molar-refractivity contribution in [3.8, 4) is 11.5 Å². The molecule has 2 aromatic carbocycles. The van der Waals surface area contributed by atoms with Crippen LogP contribution in [0.2, 0.25) is 0 Å². The Kier molecular flexibility index (Phi) is 10.3. The summed E-state index contributed by atoms with van der Waals surface area (Å²) in [6.07, 6.45) is 3.19. The van der Waals surface area contributed by atoms with Crippen molar-refractivity contribution in [2.24, 2.45) is 5.10 Å². The zero-order valence-corrected chi connectivity index (χ0v) is 20.8. The van der Waals surface area contributed by atoms with Crippen LogP contribution in [0.4, 0.5) is 11.4 Å². The van der Waals surface area contributed by atoms with Gasteiger partial charge in [0.2, 0.25) is 10.0 Å². The van der Waals surface area contributed by atoms with Crippen LogP contribution in [-0.2, 0) is 10.0 Å². The van der Waals surface area contributed by atoms with Gasteiger partial charge in [-0.3, -0.25) is 15.5 Å². The molecular weight excluding hydrogens is 460 g/mol. The molecule has 0 radical (unpaired) electrons. The third kappa shape index (κ3) is 6.91. The fourth-order valence-corrected chi connectivity index (χ4v) is 4.55. The highest BCUT2D eigenvalue weighted by Crippen LogP contribution is 2.29. The molecule has 0 aliphatic rings. The van der Waals surface area contributed by atoms with Gasteiger partial charge in [0.05, 0.1) is 29.2 Å². The van der Waals surface area contributed by atoms with E-state index >= 15 is 0 Å². The van der Waals surface area contributed by atoms with Crippen LogP contribution in [0.15, 0.2) is 46.4 Å². The third-order valence-electron chi connectivity index (χ3n) is 4.82. The van der Waals surface area contributed by atoms with Gasteiger partial charge < -0.3 is 9.47 Å². The largest absolute Gasteiger partial charge is 0.493 e. The van der Waals surface area contributed by atoms with E-state index in [4.69, 9.17) is 9.47 Å². The van der Waals surface area contributed by atoms with E-state index in [1.54, 1.807) is 32.0 Å². The maximum Gasteiger partial charge on any atom is 0.295 e. The van der Waals surface area contributed by atoms with Gasteiger partial charge in [-0.2, -0.15) is 9.41 Å². The Morgan fingerprint density at radius 1 is 1.03 bits per heavy atom. The molecule has 1 N–H and O–H groups in total. The molecule has 0 bridgehead atoms. The minimum absolute atomic E-state index is 0.0682. The average molecular weight is 493 g/mol. The maximum absolute atomic E-state index is 12.7. The van der Waals surface area contributed by atoms with Gasteiger partial charge in [0, 0.05) is 30.8 Å². The molecule has 10 nitrogen and oxygen atoms in total. The van der Waals surface area contributed by atoms with Crippen molar-refractivity contribution in [2.45, 2.75) is 45.4 Å². The van der Waals surface area contributed by atoms with Gasteiger partial charge in [-0.05, 0) is 37.1 Å². The highest BCUT2D eigenvalue weighted by molar-refractivity contribution is 7.89. The molecule has 186 valence electrons. The molecule has 0 fully saturated rings. The molecule has 0 amide bonds. The van der Waals surface area contributed by atoms with E-state index in [9.17, 15) is 18.5 Å². The fraction of sp³-hybridized carbons (Fsp3) is 0.435. The Morgan fingerprint density at radius 2 is 1.71 bits per heavy atom. The summed E-state index contributed by atoms with van der Waals surface area (Å²) in [4.78, 5) is 10.8. The highest BCUT2D eigenvalue weighted by atomic mass is 32.2. The van der Waals surface area contributed by atoms with Crippen LogP contribution in [0, 0.1) is 10.1 Å². The molecule has 2 rings (SSSR count). The topological polar surface area (TPSA) is 123 Å². The van der Waals surface area contributed by atoms with Gasteiger partial charge in [0.15, 0.2) is 0 Å². The maximum atomic E-state index is 12.7. The Balaban J connectivity index is 2.30. The van der Waals surface area contributed by atoms with E-state index in [1.807, 2.05) is 13.8 Å².